The third-order valence-electron chi connectivity index (χ3n) is 4.41. The zero-order valence-electron chi connectivity index (χ0n) is 16.2. The summed E-state index contributed by atoms with van der Waals surface area (Å²) in [6.07, 6.45) is 1.63. The molecule has 0 bridgehead atoms. The maximum Gasteiger partial charge on any atom is 0.344 e. The van der Waals surface area contributed by atoms with Gasteiger partial charge in [-0.2, -0.15) is 0 Å². The van der Waals surface area contributed by atoms with Crippen LogP contribution >= 0.6 is 23.4 Å². The standard InChI is InChI=1S/C21H16ClF2NO4S/c1-4-29-21(28)16-19(27)13-9-14(24)15(10(2)26)17(22)18(13)25(20(16)30-3)12-7-5-11(23)6-8-12/h5-9H,4H2,1-3H3. The summed E-state index contributed by atoms with van der Waals surface area (Å²) in [6.45, 7) is 2.77. The van der Waals surface area contributed by atoms with Crippen LogP contribution in [0.1, 0.15) is 34.6 Å². The summed E-state index contributed by atoms with van der Waals surface area (Å²) in [5.74, 6) is -2.98. The molecular formula is C21H16ClF2NO4S. The smallest absolute Gasteiger partial charge is 0.344 e. The van der Waals surface area contributed by atoms with Crippen molar-refractivity contribution in [2.75, 3.05) is 12.9 Å². The van der Waals surface area contributed by atoms with Crippen molar-refractivity contribution in [3.8, 4) is 5.69 Å². The Morgan fingerprint density at radius 1 is 1.17 bits per heavy atom. The number of ketones is 1. The second kappa shape index (κ2) is 8.57. The number of aromatic nitrogens is 1. The Bertz CT molecular complexity index is 1240. The second-order valence-electron chi connectivity index (χ2n) is 6.25. The summed E-state index contributed by atoms with van der Waals surface area (Å²) < 4.78 is 34.6. The van der Waals surface area contributed by atoms with Crippen molar-refractivity contribution in [3.05, 3.63) is 68.3 Å². The van der Waals surface area contributed by atoms with Gasteiger partial charge in [0.25, 0.3) is 0 Å². The minimum Gasteiger partial charge on any atom is -0.462 e. The maximum absolute atomic E-state index is 14.6. The molecule has 3 aromatic rings. The molecule has 0 radical (unpaired) electrons. The van der Waals surface area contributed by atoms with Crippen molar-refractivity contribution >= 4 is 46.0 Å². The predicted molar refractivity (Wildman–Crippen MR) is 112 cm³/mol. The molecule has 0 N–H and O–H groups in total. The van der Waals surface area contributed by atoms with Gasteiger partial charge in [0.05, 0.1) is 33.1 Å². The van der Waals surface area contributed by atoms with E-state index in [-0.39, 0.29) is 38.7 Å². The Morgan fingerprint density at radius 3 is 2.33 bits per heavy atom. The van der Waals surface area contributed by atoms with E-state index in [1.165, 1.54) is 28.8 Å². The lowest BCUT2D eigenvalue weighted by molar-refractivity contribution is 0.0519. The van der Waals surface area contributed by atoms with Gasteiger partial charge in [0.2, 0.25) is 5.43 Å². The molecule has 9 heteroatoms. The highest BCUT2D eigenvalue weighted by atomic mass is 35.5. The number of carbonyl (C=O) groups excluding carboxylic acids is 2. The van der Waals surface area contributed by atoms with Crippen molar-refractivity contribution in [1.29, 1.82) is 0 Å². The largest absolute Gasteiger partial charge is 0.462 e. The van der Waals surface area contributed by atoms with E-state index in [0.29, 0.717) is 5.69 Å². The number of nitrogens with zero attached hydrogens (tertiary/aromatic N) is 1. The topological polar surface area (TPSA) is 65.4 Å². The van der Waals surface area contributed by atoms with Gasteiger partial charge in [-0.05, 0) is 50.4 Å². The number of benzene rings is 2. The highest BCUT2D eigenvalue weighted by Crippen LogP contribution is 2.35. The van der Waals surface area contributed by atoms with Gasteiger partial charge in [0, 0.05) is 5.69 Å². The summed E-state index contributed by atoms with van der Waals surface area (Å²) in [7, 11) is 0. The molecule has 0 saturated heterocycles. The van der Waals surface area contributed by atoms with Crippen LogP contribution in [-0.2, 0) is 4.74 Å². The number of esters is 1. The number of rotatable bonds is 5. The summed E-state index contributed by atoms with van der Waals surface area (Å²) in [6, 6.07) is 6.10. The SMILES string of the molecule is CCOC(=O)c1c(SC)n(-c2ccc(F)cc2)c2c(Cl)c(C(C)=O)c(F)cc2c1=O. The molecule has 0 amide bonds. The normalized spacial score (nSPS) is 11.0. The summed E-state index contributed by atoms with van der Waals surface area (Å²) >= 11 is 7.46. The molecule has 2 aromatic carbocycles. The molecule has 0 unspecified atom stereocenters. The fourth-order valence-corrected chi connectivity index (χ4v) is 4.35. The van der Waals surface area contributed by atoms with E-state index >= 15 is 0 Å². The molecule has 0 atom stereocenters. The molecule has 0 aliphatic rings. The van der Waals surface area contributed by atoms with Crippen molar-refractivity contribution in [1.82, 2.24) is 4.57 Å². The number of pyridine rings is 1. The second-order valence-corrected chi connectivity index (χ2v) is 7.42. The Kier molecular flexibility index (Phi) is 6.28. The third kappa shape index (κ3) is 3.61. The summed E-state index contributed by atoms with van der Waals surface area (Å²) in [4.78, 5) is 37.7. The molecule has 1 heterocycles. The van der Waals surface area contributed by atoms with Gasteiger partial charge < -0.3 is 9.30 Å². The van der Waals surface area contributed by atoms with Crippen LogP contribution in [0.3, 0.4) is 0 Å². The Morgan fingerprint density at radius 2 is 1.80 bits per heavy atom. The first kappa shape index (κ1) is 22.0. The minimum absolute atomic E-state index is 0.0269. The zero-order chi connectivity index (χ0) is 22.2. The molecule has 5 nitrogen and oxygen atoms in total. The number of ether oxygens (including phenoxy) is 1. The van der Waals surface area contributed by atoms with Crippen LogP contribution in [0.15, 0.2) is 40.2 Å². The number of hydrogen-bond acceptors (Lipinski definition) is 5. The minimum atomic E-state index is -0.977. The van der Waals surface area contributed by atoms with Crippen molar-refractivity contribution < 1.29 is 23.1 Å². The van der Waals surface area contributed by atoms with Crippen molar-refractivity contribution in [2.45, 2.75) is 18.9 Å². The average Bonchev–Trinajstić information content (AvgIpc) is 2.68. The van der Waals surface area contributed by atoms with Crippen LogP contribution in [-0.4, -0.2) is 29.2 Å². The van der Waals surface area contributed by atoms with Crippen molar-refractivity contribution in [2.24, 2.45) is 0 Å². The number of fused-ring (bicyclic) bond motifs is 1. The van der Waals surface area contributed by atoms with Crippen molar-refractivity contribution in [3.63, 3.8) is 0 Å². The number of hydrogen-bond donors (Lipinski definition) is 0. The number of Topliss-reactive ketones (excluding diaryl/α,β-unsaturated/α-hetero) is 1. The molecule has 0 saturated carbocycles. The summed E-state index contributed by atoms with van der Waals surface area (Å²) in [5, 5.41) is -0.308. The number of thioether (sulfide) groups is 1. The molecule has 3 rings (SSSR count). The lowest BCUT2D eigenvalue weighted by atomic mass is 10.0. The first-order valence-electron chi connectivity index (χ1n) is 8.81. The Labute approximate surface area is 179 Å². The van der Waals surface area contributed by atoms with Gasteiger partial charge in [0.1, 0.15) is 17.2 Å². The summed E-state index contributed by atoms with van der Waals surface area (Å²) in [5.41, 5.74) is -1.05. The molecule has 0 aliphatic carbocycles. The van der Waals surface area contributed by atoms with E-state index in [4.69, 9.17) is 16.3 Å². The fourth-order valence-electron chi connectivity index (χ4n) is 3.18. The van der Waals surface area contributed by atoms with Crippen LogP contribution < -0.4 is 5.43 Å². The molecule has 0 spiro atoms. The highest BCUT2D eigenvalue weighted by molar-refractivity contribution is 7.98. The van der Waals surface area contributed by atoms with Crippen LogP contribution in [0.4, 0.5) is 8.78 Å². The van der Waals surface area contributed by atoms with Gasteiger partial charge in [-0.3, -0.25) is 9.59 Å². The number of halogens is 3. The molecule has 0 aliphatic heterocycles. The Hall–Kier alpha value is -2.71. The van der Waals surface area contributed by atoms with E-state index in [1.54, 1.807) is 13.2 Å². The number of carbonyl (C=O) groups is 2. The van der Waals surface area contributed by atoms with Gasteiger partial charge in [-0.15, -0.1) is 11.8 Å². The molecule has 156 valence electrons. The van der Waals surface area contributed by atoms with E-state index in [1.807, 2.05) is 0 Å². The van der Waals surface area contributed by atoms with Gasteiger partial charge in [0.15, 0.2) is 5.78 Å². The lowest BCUT2D eigenvalue weighted by Crippen LogP contribution is -2.24. The van der Waals surface area contributed by atoms with E-state index in [9.17, 15) is 23.2 Å². The average molecular weight is 452 g/mol. The molecular weight excluding hydrogens is 436 g/mol. The van der Waals surface area contributed by atoms with E-state index < -0.39 is 28.8 Å². The first-order valence-corrected chi connectivity index (χ1v) is 10.4. The monoisotopic (exact) mass is 451 g/mol. The third-order valence-corrected chi connectivity index (χ3v) is 5.56. The highest BCUT2D eigenvalue weighted by Gasteiger charge is 2.28. The lowest BCUT2D eigenvalue weighted by Gasteiger charge is -2.20. The van der Waals surface area contributed by atoms with Gasteiger partial charge >= 0.3 is 5.97 Å². The zero-order valence-corrected chi connectivity index (χ0v) is 17.8. The first-order chi connectivity index (χ1) is 14.2. The molecule has 0 fully saturated rings. The predicted octanol–water partition coefficient (Wildman–Crippen LogP) is 5.02. The fraction of sp³-hybridized carbons (Fsp3) is 0.190. The van der Waals surface area contributed by atoms with Crippen LogP contribution in [0.5, 0.6) is 0 Å². The Balaban J connectivity index is 2.62. The maximum atomic E-state index is 14.6. The van der Waals surface area contributed by atoms with Crippen LogP contribution in [0.25, 0.3) is 16.6 Å². The van der Waals surface area contributed by atoms with E-state index in [0.717, 1.165) is 24.8 Å². The van der Waals surface area contributed by atoms with Gasteiger partial charge in [-0.1, -0.05) is 11.6 Å². The molecule has 30 heavy (non-hydrogen) atoms. The van der Waals surface area contributed by atoms with Gasteiger partial charge in [-0.25, -0.2) is 13.6 Å². The van der Waals surface area contributed by atoms with E-state index in [2.05, 4.69) is 0 Å². The quantitative estimate of drug-likeness (QED) is 0.309. The van der Waals surface area contributed by atoms with Crippen LogP contribution in [0, 0.1) is 11.6 Å². The molecule has 1 aromatic heterocycles. The van der Waals surface area contributed by atoms with Crippen LogP contribution in [0.2, 0.25) is 5.02 Å².